The summed E-state index contributed by atoms with van der Waals surface area (Å²) in [6.45, 7) is 2.65. The van der Waals surface area contributed by atoms with Crippen molar-refractivity contribution in [2.45, 2.75) is 32.8 Å². The van der Waals surface area contributed by atoms with Gasteiger partial charge < -0.3 is 9.84 Å². The Kier molecular flexibility index (Phi) is 5.38. The van der Waals surface area contributed by atoms with Crippen molar-refractivity contribution in [1.82, 2.24) is 0 Å². The fourth-order valence-electron chi connectivity index (χ4n) is 2.14. The SMILES string of the molecule is CCCc1ccc(OCc2ccc(CC(=O)O)cc2)cc1. The maximum atomic E-state index is 10.6. The van der Waals surface area contributed by atoms with Gasteiger partial charge in [0.15, 0.2) is 0 Å². The van der Waals surface area contributed by atoms with Gasteiger partial charge in [-0.25, -0.2) is 0 Å². The van der Waals surface area contributed by atoms with Gasteiger partial charge in [-0.05, 0) is 35.2 Å². The highest BCUT2D eigenvalue weighted by atomic mass is 16.5. The van der Waals surface area contributed by atoms with Crippen molar-refractivity contribution < 1.29 is 14.6 Å². The quantitative estimate of drug-likeness (QED) is 0.840. The summed E-state index contributed by atoms with van der Waals surface area (Å²) >= 11 is 0. The Balaban J connectivity index is 1.88. The summed E-state index contributed by atoms with van der Waals surface area (Å²) in [6.07, 6.45) is 2.29. The minimum atomic E-state index is -0.814. The van der Waals surface area contributed by atoms with Crippen molar-refractivity contribution in [2.24, 2.45) is 0 Å². The summed E-state index contributed by atoms with van der Waals surface area (Å²) in [6, 6.07) is 15.6. The number of ether oxygens (including phenoxy) is 1. The van der Waals surface area contributed by atoms with E-state index in [0.29, 0.717) is 6.61 Å². The molecule has 0 fully saturated rings. The molecule has 0 saturated carbocycles. The molecule has 21 heavy (non-hydrogen) atoms. The van der Waals surface area contributed by atoms with Crippen molar-refractivity contribution in [2.75, 3.05) is 0 Å². The van der Waals surface area contributed by atoms with Crippen LogP contribution in [0.15, 0.2) is 48.5 Å². The Morgan fingerprint density at radius 1 is 0.952 bits per heavy atom. The van der Waals surface area contributed by atoms with Crippen LogP contribution in [-0.4, -0.2) is 11.1 Å². The van der Waals surface area contributed by atoms with E-state index in [1.165, 1.54) is 5.56 Å². The van der Waals surface area contributed by atoms with E-state index in [1.54, 1.807) is 0 Å². The van der Waals surface area contributed by atoms with Crippen LogP contribution in [0.5, 0.6) is 5.75 Å². The van der Waals surface area contributed by atoms with E-state index in [4.69, 9.17) is 9.84 Å². The largest absolute Gasteiger partial charge is 0.489 e. The molecule has 0 aliphatic heterocycles. The van der Waals surface area contributed by atoms with Gasteiger partial charge in [-0.3, -0.25) is 4.79 Å². The average molecular weight is 284 g/mol. The predicted molar refractivity (Wildman–Crippen MR) is 82.6 cm³/mol. The first kappa shape index (κ1) is 15.1. The van der Waals surface area contributed by atoms with Crippen LogP contribution in [0.25, 0.3) is 0 Å². The Labute approximate surface area is 125 Å². The summed E-state index contributed by atoms with van der Waals surface area (Å²) in [4.78, 5) is 10.6. The first-order valence-corrected chi connectivity index (χ1v) is 7.18. The molecule has 0 aliphatic rings. The summed E-state index contributed by atoms with van der Waals surface area (Å²) in [5, 5.41) is 8.72. The molecule has 2 aromatic rings. The lowest BCUT2D eigenvalue weighted by Crippen LogP contribution is -2.00. The highest BCUT2D eigenvalue weighted by molar-refractivity contribution is 5.70. The standard InChI is InChI=1S/C18H20O3/c1-2-3-14-8-10-17(11-9-14)21-13-16-6-4-15(5-7-16)12-18(19)20/h4-11H,2-3,12-13H2,1H3,(H,19,20). The van der Waals surface area contributed by atoms with E-state index in [2.05, 4.69) is 19.1 Å². The van der Waals surface area contributed by atoms with E-state index in [1.807, 2.05) is 36.4 Å². The number of aryl methyl sites for hydroxylation is 1. The Morgan fingerprint density at radius 2 is 1.52 bits per heavy atom. The van der Waals surface area contributed by atoms with Crippen molar-refractivity contribution in [3.05, 3.63) is 65.2 Å². The summed E-state index contributed by atoms with van der Waals surface area (Å²) in [5.74, 6) is 0.0376. The van der Waals surface area contributed by atoms with Gasteiger partial charge in [-0.15, -0.1) is 0 Å². The zero-order valence-corrected chi connectivity index (χ0v) is 12.2. The van der Waals surface area contributed by atoms with Crippen LogP contribution in [0, 0.1) is 0 Å². The molecule has 3 nitrogen and oxygen atoms in total. The molecule has 2 rings (SSSR count). The van der Waals surface area contributed by atoms with Gasteiger partial charge in [0.2, 0.25) is 0 Å². The number of carboxylic acid groups (broad SMARTS) is 1. The molecule has 0 amide bonds. The highest BCUT2D eigenvalue weighted by Crippen LogP contribution is 2.15. The molecule has 3 heteroatoms. The third-order valence-corrected chi connectivity index (χ3v) is 3.25. The molecule has 110 valence electrons. The van der Waals surface area contributed by atoms with E-state index >= 15 is 0 Å². The molecule has 2 aromatic carbocycles. The van der Waals surface area contributed by atoms with Gasteiger partial charge in [0.25, 0.3) is 0 Å². The van der Waals surface area contributed by atoms with Gasteiger partial charge in [0.1, 0.15) is 12.4 Å². The molecule has 0 aliphatic carbocycles. The molecule has 1 N–H and O–H groups in total. The molecule has 0 aromatic heterocycles. The van der Waals surface area contributed by atoms with E-state index in [9.17, 15) is 4.79 Å². The van der Waals surface area contributed by atoms with E-state index in [0.717, 1.165) is 29.7 Å². The molecule has 0 radical (unpaired) electrons. The maximum Gasteiger partial charge on any atom is 0.307 e. The Morgan fingerprint density at radius 3 is 2.10 bits per heavy atom. The van der Waals surface area contributed by atoms with Crippen LogP contribution in [-0.2, 0) is 24.2 Å². The summed E-state index contributed by atoms with van der Waals surface area (Å²) in [5.41, 5.74) is 3.15. The molecular weight excluding hydrogens is 264 g/mol. The number of hydrogen-bond donors (Lipinski definition) is 1. The van der Waals surface area contributed by atoms with Crippen molar-refractivity contribution >= 4 is 5.97 Å². The second-order valence-electron chi connectivity index (χ2n) is 5.07. The zero-order chi connectivity index (χ0) is 15.1. The normalized spacial score (nSPS) is 10.3. The van der Waals surface area contributed by atoms with Crippen LogP contribution in [0.2, 0.25) is 0 Å². The fraction of sp³-hybridized carbons (Fsp3) is 0.278. The number of hydrogen-bond acceptors (Lipinski definition) is 2. The number of carboxylic acids is 1. The van der Waals surface area contributed by atoms with Gasteiger partial charge in [-0.2, -0.15) is 0 Å². The molecule has 0 unspecified atom stereocenters. The minimum absolute atomic E-state index is 0.0556. The Bertz CT molecular complexity index is 570. The number of rotatable bonds is 7. The topological polar surface area (TPSA) is 46.5 Å². The van der Waals surface area contributed by atoms with Crippen LogP contribution in [0.3, 0.4) is 0 Å². The van der Waals surface area contributed by atoms with E-state index in [-0.39, 0.29) is 6.42 Å². The predicted octanol–water partition coefficient (Wildman–Crippen LogP) is 3.85. The van der Waals surface area contributed by atoms with E-state index < -0.39 is 5.97 Å². The van der Waals surface area contributed by atoms with Gasteiger partial charge >= 0.3 is 5.97 Å². The monoisotopic (exact) mass is 284 g/mol. The maximum absolute atomic E-state index is 10.6. The van der Waals surface area contributed by atoms with Crippen LogP contribution < -0.4 is 4.74 Å². The van der Waals surface area contributed by atoms with Gasteiger partial charge in [0.05, 0.1) is 6.42 Å². The summed E-state index contributed by atoms with van der Waals surface area (Å²) in [7, 11) is 0. The smallest absolute Gasteiger partial charge is 0.307 e. The second kappa shape index (κ2) is 7.48. The number of benzene rings is 2. The fourth-order valence-corrected chi connectivity index (χ4v) is 2.14. The van der Waals surface area contributed by atoms with Gasteiger partial charge in [-0.1, -0.05) is 49.7 Å². The third-order valence-electron chi connectivity index (χ3n) is 3.25. The minimum Gasteiger partial charge on any atom is -0.489 e. The number of carbonyl (C=O) groups is 1. The Hall–Kier alpha value is -2.29. The highest BCUT2D eigenvalue weighted by Gasteiger charge is 2.01. The molecule has 0 spiro atoms. The first-order chi connectivity index (χ1) is 10.2. The van der Waals surface area contributed by atoms with Crippen LogP contribution >= 0.6 is 0 Å². The average Bonchev–Trinajstić information content (AvgIpc) is 2.48. The lowest BCUT2D eigenvalue weighted by molar-refractivity contribution is -0.136. The van der Waals surface area contributed by atoms with Gasteiger partial charge in [0, 0.05) is 0 Å². The lowest BCUT2D eigenvalue weighted by Gasteiger charge is -2.08. The van der Waals surface area contributed by atoms with Crippen molar-refractivity contribution in [3.8, 4) is 5.75 Å². The van der Waals surface area contributed by atoms with Crippen molar-refractivity contribution in [3.63, 3.8) is 0 Å². The molecular formula is C18H20O3. The molecule has 0 saturated heterocycles. The molecule has 0 bridgehead atoms. The van der Waals surface area contributed by atoms with Crippen LogP contribution in [0.1, 0.15) is 30.0 Å². The number of aliphatic carboxylic acids is 1. The van der Waals surface area contributed by atoms with Crippen molar-refractivity contribution in [1.29, 1.82) is 0 Å². The lowest BCUT2D eigenvalue weighted by atomic mass is 10.1. The zero-order valence-electron chi connectivity index (χ0n) is 12.2. The second-order valence-corrected chi connectivity index (χ2v) is 5.07. The first-order valence-electron chi connectivity index (χ1n) is 7.18. The van der Waals surface area contributed by atoms with Crippen LogP contribution in [0.4, 0.5) is 0 Å². The summed E-state index contributed by atoms with van der Waals surface area (Å²) < 4.78 is 5.73. The third kappa shape index (κ3) is 4.95. The molecule has 0 heterocycles. The molecule has 0 atom stereocenters.